The molecule has 1 atom stereocenters. The zero-order valence-corrected chi connectivity index (χ0v) is 20.9. The lowest BCUT2D eigenvalue weighted by Gasteiger charge is -2.15. The fourth-order valence-corrected chi connectivity index (χ4v) is 5.10. The molecule has 2 N–H and O–H groups in total. The number of carbonyl (C=O) groups excluding carboxylic acids is 1. The van der Waals surface area contributed by atoms with Gasteiger partial charge in [-0.2, -0.15) is 0 Å². The molecule has 2 aromatic rings. The van der Waals surface area contributed by atoms with Gasteiger partial charge in [-0.3, -0.25) is 4.79 Å². The lowest BCUT2D eigenvalue weighted by molar-refractivity contribution is -0.125. The van der Waals surface area contributed by atoms with Crippen molar-refractivity contribution in [1.29, 1.82) is 0 Å². The SMILES string of the molecule is CCCCCCCCCCCCCCC(C(=O)COCC)c1sc(N)nc1-c1ccco1. The molecule has 0 fully saturated rings. The molecule has 2 rings (SSSR count). The molecule has 0 saturated heterocycles. The number of carbonyl (C=O) groups is 1. The van der Waals surface area contributed by atoms with Gasteiger partial charge in [-0.1, -0.05) is 84.0 Å². The number of aromatic nitrogens is 1. The molecule has 0 radical (unpaired) electrons. The van der Waals surface area contributed by atoms with E-state index in [9.17, 15) is 4.79 Å². The molecule has 0 saturated carbocycles. The minimum atomic E-state index is -0.237. The van der Waals surface area contributed by atoms with Crippen LogP contribution in [0.15, 0.2) is 22.8 Å². The summed E-state index contributed by atoms with van der Waals surface area (Å²) in [4.78, 5) is 18.3. The van der Waals surface area contributed by atoms with Gasteiger partial charge < -0.3 is 14.9 Å². The van der Waals surface area contributed by atoms with Crippen LogP contribution < -0.4 is 5.73 Å². The van der Waals surface area contributed by atoms with E-state index in [1.807, 2.05) is 19.1 Å². The number of nitrogens with two attached hydrogens (primary N) is 1. The smallest absolute Gasteiger partial charge is 0.180 e. The Morgan fingerprint density at radius 2 is 1.66 bits per heavy atom. The lowest BCUT2D eigenvalue weighted by atomic mass is 9.93. The van der Waals surface area contributed by atoms with E-state index in [1.165, 1.54) is 75.5 Å². The largest absolute Gasteiger partial charge is 0.463 e. The highest BCUT2D eigenvalue weighted by Gasteiger charge is 2.27. The topological polar surface area (TPSA) is 78.4 Å². The van der Waals surface area contributed by atoms with Gasteiger partial charge in [0.2, 0.25) is 0 Å². The maximum atomic E-state index is 12.9. The Morgan fingerprint density at radius 1 is 1.03 bits per heavy atom. The second-order valence-electron chi connectivity index (χ2n) is 8.58. The van der Waals surface area contributed by atoms with Gasteiger partial charge in [0.25, 0.3) is 0 Å². The van der Waals surface area contributed by atoms with E-state index in [1.54, 1.807) is 6.26 Å². The summed E-state index contributed by atoms with van der Waals surface area (Å²) in [6.07, 6.45) is 18.1. The highest BCUT2D eigenvalue weighted by Crippen LogP contribution is 2.38. The highest BCUT2D eigenvalue weighted by atomic mass is 32.1. The van der Waals surface area contributed by atoms with E-state index in [2.05, 4.69) is 11.9 Å². The highest BCUT2D eigenvalue weighted by molar-refractivity contribution is 7.16. The van der Waals surface area contributed by atoms with Crippen LogP contribution in [0.5, 0.6) is 0 Å². The van der Waals surface area contributed by atoms with Crippen molar-refractivity contribution in [3.63, 3.8) is 0 Å². The summed E-state index contributed by atoms with van der Waals surface area (Å²) in [7, 11) is 0. The van der Waals surface area contributed by atoms with Crippen LogP contribution >= 0.6 is 11.3 Å². The van der Waals surface area contributed by atoms with Crippen LogP contribution in [0.25, 0.3) is 11.5 Å². The fourth-order valence-electron chi connectivity index (χ4n) is 4.11. The molecular weight excluding hydrogens is 420 g/mol. The van der Waals surface area contributed by atoms with Crippen molar-refractivity contribution >= 4 is 22.3 Å². The van der Waals surface area contributed by atoms with Crippen molar-refractivity contribution < 1.29 is 13.9 Å². The summed E-state index contributed by atoms with van der Waals surface area (Å²) in [6.45, 7) is 4.84. The van der Waals surface area contributed by atoms with Crippen LogP contribution in [0.2, 0.25) is 0 Å². The zero-order valence-electron chi connectivity index (χ0n) is 20.1. The maximum absolute atomic E-state index is 12.9. The fraction of sp³-hybridized carbons (Fsp3) is 0.692. The van der Waals surface area contributed by atoms with Gasteiger partial charge in [-0.15, -0.1) is 11.3 Å². The third kappa shape index (κ3) is 9.45. The van der Waals surface area contributed by atoms with Gasteiger partial charge in [0.1, 0.15) is 12.3 Å². The molecule has 2 aromatic heterocycles. The molecule has 0 bridgehead atoms. The summed E-state index contributed by atoms with van der Waals surface area (Å²) >= 11 is 1.40. The molecule has 180 valence electrons. The number of hydrogen-bond acceptors (Lipinski definition) is 6. The van der Waals surface area contributed by atoms with Crippen molar-refractivity contribution in [2.45, 2.75) is 103 Å². The quantitative estimate of drug-likeness (QED) is 0.216. The van der Waals surface area contributed by atoms with Gasteiger partial charge in [-0.25, -0.2) is 4.98 Å². The first-order chi connectivity index (χ1) is 15.7. The van der Waals surface area contributed by atoms with Gasteiger partial charge in [0.15, 0.2) is 16.7 Å². The molecule has 0 aliphatic carbocycles. The average molecular weight is 463 g/mol. The molecule has 32 heavy (non-hydrogen) atoms. The van der Waals surface area contributed by atoms with Crippen LogP contribution in [-0.2, 0) is 9.53 Å². The first-order valence-electron chi connectivity index (χ1n) is 12.6. The number of thiazole rings is 1. The summed E-state index contributed by atoms with van der Waals surface area (Å²) in [6, 6.07) is 3.70. The van der Waals surface area contributed by atoms with Crippen LogP contribution in [0.3, 0.4) is 0 Å². The summed E-state index contributed by atoms with van der Waals surface area (Å²) in [5.74, 6) is 0.530. The lowest BCUT2D eigenvalue weighted by Crippen LogP contribution is -2.18. The Hall–Kier alpha value is -1.66. The number of nitrogen functional groups attached to an aromatic ring is 1. The van der Waals surface area contributed by atoms with Crippen molar-refractivity contribution in [2.24, 2.45) is 0 Å². The molecule has 0 aromatic carbocycles. The summed E-state index contributed by atoms with van der Waals surface area (Å²) in [5, 5.41) is 0.468. The second-order valence-corrected chi connectivity index (χ2v) is 9.64. The van der Waals surface area contributed by atoms with E-state index in [0.29, 0.717) is 23.2 Å². The normalized spacial score (nSPS) is 12.3. The standard InChI is InChI=1S/C26H42N2O3S/c1-3-5-6-7-8-9-10-11-12-13-14-15-17-21(22(29)20-30-4-2)25-24(28-26(27)32-25)23-18-16-19-31-23/h16,18-19,21H,3-15,17,20H2,1-2H3,(H2,27,28). The molecule has 0 aliphatic heterocycles. The van der Waals surface area contributed by atoms with E-state index >= 15 is 0 Å². The number of Topliss-reactive ketones (excluding diaryl/α,β-unsaturated/α-hetero) is 1. The van der Waals surface area contributed by atoms with Crippen molar-refractivity contribution in [2.75, 3.05) is 18.9 Å². The van der Waals surface area contributed by atoms with Gasteiger partial charge in [0, 0.05) is 11.5 Å². The Bertz CT molecular complexity index is 742. The second kappa shape index (κ2) is 16.0. The zero-order chi connectivity index (χ0) is 23.0. The van der Waals surface area contributed by atoms with Crippen LogP contribution in [-0.4, -0.2) is 24.0 Å². The number of rotatable bonds is 19. The summed E-state index contributed by atoms with van der Waals surface area (Å²) < 4.78 is 11.0. The predicted octanol–water partition coefficient (Wildman–Crippen LogP) is 7.77. The number of anilines is 1. The van der Waals surface area contributed by atoms with Gasteiger partial charge in [0.05, 0.1) is 12.2 Å². The minimum absolute atomic E-state index is 0.103. The molecule has 0 spiro atoms. The molecule has 0 amide bonds. The molecule has 6 heteroatoms. The van der Waals surface area contributed by atoms with E-state index in [0.717, 1.165) is 24.1 Å². The Balaban J connectivity index is 1.79. The van der Waals surface area contributed by atoms with Crippen molar-refractivity contribution in [3.05, 3.63) is 23.3 Å². The van der Waals surface area contributed by atoms with Gasteiger partial charge in [-0.05, 0) is 25.5 Å². The summed E-state index contributed by atoms with van der Waals surface area (Å²) in [5.41, 5.74) is 6.72. The molecule has 0 aliphatic rings. The average Bonchev–Trinajstić information content (AvgIpc) is 3.45. The number of unbranched alkanes of at least 4 members (excludes halogenated alkanes) is 11. The van der Waals surface area contributed by atoms with E-state index in [-0.39, 0.29) is 18.3 Å². The third-order valence-corrected chi connectivity index (χ3v) is 6.92. The number of nitrogens with zero attached hydrogens (tertiary/aromatic N) is 1. The number of ether oxygens (including phenoxy) is 1. The van der Waals surface area contributed by atoms with Crippen molar-refractivity contribution in [1.82, 2.24) is 4.98 Å². The number of furan rings is 1. The molecule has 1 unspecified atom stereocenters. The Morgan fingerprint density at radius 3 is 2.22 bits per heavy atom. The molecule has 5 nitrogen and oxygen atoms in total. The Labute approximate surface area is 198 Å². The first-order valence-corrected chi connectivity index (χ1v) is 13.4. The Kier molecular flexibility index (Phi) is 13.3. The maximum Gasteiger partial charge on any atom is 0.180 e. The predicted molar refractivity (Wildman–Crippen MR) is 134 cm³/mol. The van der Waals surface area contributed by atoms with Crippen LogP contribution in [0.1, 0.15) is 108 Å². The third-order valence-electron chi connectivity index (χ3n) is 5.92. The number of hydrogen-bond donors (Lipinski definition) is 1. The van der Waals surface area contributed by atoms with Crippen LogP contribution in [0, 0.1) is 0 Å². The first kappa shape index (κ1) is 26.6. The molecular formula is C26H42N2O3S. The van der Waals surface area contributed by atoms with Crippen LogP contribution in [0.4, 0.5) is 5.13 Å². The minimum Gasteiger partial charge on any atom is -0.463 e. The monoisotopic (exact) mass is 462 g/mol. The van der Waals surface area contributed by atoms with Gasteiger partial charge >= 0.3 is 0 Å². The molecule has 2 heterocycles. The van der Waals surface area contributed by atoms with E-state index < -0.39 is 0 Å². The van der Waals surface area contributed by atoms with E-state index in [4.69, 9.17) is 14.9 Å². The number of ketones is 1. The van der Waals surface area contributed by atoms with Crippen molar-refractivity contribution in [3.8, 4) is 11.5 Å².